The molecule has 0 amide bonds. The molecule has 0 aromatic carbocycles. The molecule has 2 unspecified atom stereocenters. The van der Waals surface area contributed by atoms with Gasteiger partial charge in [0.25, 0.3) is 0 Å². The minimum absolute atomic E-state index is 0.0158. The van der Waals surface area contributed by atoms with E-state index in [-0.39, 0.29) is 28.4 Å². The van der Waals surface area contributed by atoms with Crippen LogP contribution < -0.4 is 0 Å². The van der Waals surface area contributed by atoms with E-state index in [1.807, 2.05) is 0 Å². The van der Waals surface area contributed by atoms with Crippen molar-refractivity contribution in [3.8, 4) is 0 Å². The molecular formula is C8H14NO4S3-. The second kappa shape index (κ2) is 5.54. The number of nitrogens with zero attached hydrogens (tertiary/aromatic N) is 1. The van der Waals surface area contributed by atoms with E-state index >= 15 is 0 Å². The first kappa shape index (κ1) is 14.0. The van der Waals surface area contributed by atoms with E-state index in [1.165, 1.54) is 4.90 Å². The number of aliphatic hydroxyl groups is 2. The fourth-order valence-corrected chi connectivity index (χ4v) is 3.86. The Balaban J connectivity index is 2.68. The van der Waals surface area contributed by atoms with Crippen molar-refractivity contribution in [3.63, 3.8) is 0 Å². The molecule has 0 saturated carbocycles. The standard InChI is InChI=1S/C8H15NO4S3/c10-4-7(11)3-9(8(14)15)6-1-2-16(12,13)5-6/h6-7,10-11H,1-5H2,(H,14,15)/p-1. The molecule has 5 nitrogen and oxygen atoms in total. The van der Waals surface area contributed by atoms with Crippen molar-refractivity contribution >= 4 is 39.0 Å². The second-order valence-electron chi connectivity index (χ2n) is 3.81. The van der Waals surface area contributed by atoms with Crippen LogP contribution >= 0.6 is 12.2 Å². The van der Waals surface area contributed by atoms with Gasteiger partial charge in [0.1, 0.15) is 0 Å². The molecule has 2 atom stereocenters. The molecule has 1 heterocycles. The molecule has 0 aromatic rings. The van der Waals surface area contributed by atoms with Gasteiger partial charge in [-0.1, -0.05) is 4.32 Å². The van der Waals surface area contributed by atoms with E-state index < -0.39 is 22.5 Å². The third-order valence-electron chi connectivity index (χ3n) is 2.50. The molecule has 0 aliphatic carbocycles. The van der Waals surface area contributed by atoms with Crippen LogP contribution in [0.4, 0.5) is 0 Å². The van der Waals surface area contributed by atoms with Gasteiger partial charge in [-0.2, -0.15) is 0 Å². The summed E-state index contributed by atoms with van der Waals surface area (Å²) in [6, 6.07) is -0.267. The Bertz CT molecular complexity index is 356. The topological polar surface area (TPSA) is 77.8 Å². The zero-order chi connectivity index (χ0) is 12.3. The molecule has 1 rings (SSSR count). The fraction of sp³-hybridized carbons (Fsp3) is 0.875. The lowest BCUT2D eigenvalue weighted by Gasteiger charge is -2.35. The van der Waals surface area contributed by atoms with Crippen molar-refractivity contribution in [2.45, 2.75) is 18.6 Å². The number of hydrogen-bond acceptors (Lipinski definition) is 6. The number of rotatable bonds is 4. The summed E-state index contributed by atoms with van der Waals surface area (Å²) in [5.41, 5.74) is 0. The first-order chi connectivity index (χ1) is 7.35. The third kappa shape index (κ3) is 3.77. The highest BCUT2D eigenvalue weighted by molar-refractivity contribution is 8.00. The van der Waals surface area contributed by atoms with Gasteiger partial charge < -0.3 is 40.0 Å². The van der Waals surface area contributed by atoms with Crippen LogP contribution in [0.15, 0.2) is 0 Å². The molecule has 94 valence electrons. The van der Waals surface area contributed by atoms with Crippen LogP contribution in [0.2, 0.25) is 0 Å². The summed E-state index contributed by atoms with van der Waals surface area (Å²) in [5.74, 6) is 0.142. The summed E-state index contributed by atoms with van der Waals surface area (Å²) < 4.78 is 22.7. The summed E-state index contributed by atoms with van der Waals surface area (Å²) in [7, 11) is -3.01. The highest BCUT2D eigenvalue weighted by Crippen LogP contribution is 2.18. The molecule has 1 aliphatic heterocycles. The summed E-state index contributed by atoms with van der Waals surface area (Å²) in [6.07, 6.45) is -0.485. The summed E-state index contributed by atoms with van der Waals surface area (Å²) in [5, 5.41) is 18.1. The van der Waals surface area contributed by atoms with E-state index in [0.717, 1.165) is 0 Å². The van der Waals surface area contributed by atoms with Gasteiger partial charge in [0.15, 0.2) is 9.84 Å². The van der Waals surface area contributed by atoms with Gasteiger partial charge >= 0.3 is 0 Å². The smallest absolute Gasteiger partial charge is 0.152 e. The average Bonchev–Trinajstić information content (AvgIpc) is 2.54. The summed E-state index contributed by atoms with van der Waals surface area (Å²) in [4.78, 5) is 1.51. The van der Waals surface area contributed by atoms with Crippen LogP contribution in [-0.2, 0) is 22.5 Å². The Kier molecular flexibility index (Phi) is 4.87. The molecule has 1 saturated heterocycles. The van der Waals surface area contributed by atoms with Crippen molar-refractivity contribution in [3.05, 3.63) is 0 Å². The quantitative estimate of drug-likeness (QED) is 0.489. The van der Waals surface area contributed by atoms with Crippen LogP contribution in [0.3, 0.4) is 0 Å². The lowest BCUT2D eigenvalue weighted by molar-refractivity contribution is 0.0712. The number of thiocarbonyl (C=S) groups is 1. The molecular weight excluding hydrogens is 270 g/mol. The number of sulfone groups is 1. The van der Waals surface area contributed by atoms with Crippen molar-refractivity contribution in [1.82, 2.24) is 4.90 Å². The van der Waals surface area contributed by atoms with Gasteiger partial charge in [0.2, 0.25) is 0 Å². The molecule has 1 fully saturated rings. The van der Waals surface area contributed by atoms with Crippen molar-refractivity contribution in [1.29, 1.82) is 0 Å². The second-order valence-corrected chi connectivity index (χ2v) is 7.07. The van der Waals surface area contributed by atoms with Crippen LogP contribution in [0.5, 0.6) is 0 Å². The minimum atomic E-state index is -3.01. The van der Waals surface area contributed by atoms with Crippen LogP contribution in [0.25, 0.3) is 0 Å². The number of hydrogen-bond donors (Lipinski definition) is 2. The molecule has 0 radical (unpaired) electrons. The predicted octanol–water partition coefficient (Wildman–Crippen LogP) is -1.34. The Labute approximate surface area is 106 Å². The van der Waals surface area contributed by atoms with Crippen LogP contribution in [0.1, 0.15) is 6.42 Å². The zero-order valence-corrected chi connectivity index (χ0v) is 11.0. The highest BCUT2D eigenvalue weighted by atomic mass is 32.2. The summed E-state index contributed by atoms with van der Waals surface area (Å²) >= 11 is 9.70. The lowest BCUT2D eigenvalue weighted by atomic mass is 10.2. The fourth-order valence-electron chi connectivity index (χ4n) is 1.68. The van der Waals surface area contributed by atoms with Gasteiger partial charge in [-0.15, -0.1) is 0 Å². The molecule has 0 aromatic heterocycles. The van der Waals surface area contributed by atoms with E-state index in [0.29, 0.717) is 6.42 Å². The maximum atomic E-state index is 11.3. The SMILES string of the molecule is O=S1(=O)CCC(N(CC(O)CO)C(=S)[S-])C1. The first-order valence-electron chi connectivity index (χ1n) is 4.82. The third-order valence-corrected chi connectivity index (χ3v) is 4.72. The summed E-state index contributed by atoms with van der Waals surface area (Å²) in [6.45, 7) is -0.313. The number of aliphatic hydroxyl groups excluding tert-OH is 2. The van der Waals surface area contributed by atoms with E-state index in [9.17, 15) is 13.5 Å². The predicted molar refractivity (Wildman–Crippen MR) is 66.8 cm³/mol. The Morgan fingerprint density at radius 2 is 2.25 bits per heavy atom. The van der Waals surface area contributed by atoms with Gasteiger partial charge in [0.05, 0.1) is 24.2 Å². The van der Waals surface area contributed by atoms with E-state index in [2.05, 4.69) is 0 Å². The van der Waals surface area contributed by atoms with Gasteiger partial charge in [-0.05, 0) is 6.42 Å². The molecule has 1 aliphatic rings. The molecule has 0 bridgehead atoms. The van der Waals surface area contributed by atoms with E-state index in [4.69, 9.17) is 30.0 Å². The molecule has 2 N–H and O–H groups in total. The van der Waals surface area contributed by atoms with Crippen molar-refractivity contribution in [2.75, 3.05) is 24.7 Å². The minimum Gasteiger partial charge on any atom is -0.411 e. The molecule has 16 heavy (non-hydrogen) atoms. The largest absolute Gasteiger partial charge is 0.411 e. The van der Waals surface area contributed by atoms with Gasteiger partial charge in [0, 0.05) is 12.6 Å². The Hall–Kier alpha value is -0.0200. The maximum absolute atomic E-state index is 11.3. The first-order valence-corrected chi connectivity index (χ1v) is 7.46. The Morgan fingerprint density at radius 3 is 2.62 bits per heavy atom. The normalized spacial score (nSPS) is 25.2. The average molecular weight is 284 g/mol. The van der Waals surface area contributed by atoms with E-state index in [1.54, 1.807) is 0 Å². The molecule has 0 spiro atoms. The monoisotopic (exact) mass is 284 g/mol. The van der Waals surface area contributed by atoms with Crippen molar-refractivity contribution < 1.29 is 18.6 Å². The van der Waals surface area contributed by atoms with Crippen LogP contribution in [0, 0.1) is 0 Å². The zero-order valence-electron chi connectivity index (χ0n) is 8.57. The van der Waals surface area contributed by atoms with Gasteiger partial charge in [-0.3, -0.25) is 0 Å². The van der Waals surface area contributed by atoms with Gasteiger partial charge in [-0.25, -0.2) is 8.42 Å². The Morgan fingerprint density at radius 1 is 1.62 bits per heavy atom. The molecule has 8 heteroatoms. The lowest BCUT2D eigenvalue weighted by Crippen LogP contribution is -2.44. The maximum Gasteiger partial charge on any atom is 0.152 e. The highest BCUT2D eigenvalue weighted by Gasteiger charge is 2.32. The van der Waals surface area contributed by atoms with Crippen LogP contribution in [-0.4, -0.2) is 64.7 Å². The van der Waals surface area contributed by atoms with Crippen molar-refractivity contribution in [2.24, 2.45) is 0 Å².